The number of aliphatic hydroxyl groups is 1. The molecular weight excluding hydrogens is 494 g/mol. The number of nitrogens with two attached hydrogens (primary N) is 1. The van der Waals surface area contributed by atoms with Crippen LogP contribution in [0.1, 0.15) is 51.0 Å². The van der Waals surface area contributed by atoms with Gasteiger partial charge in [-0.1, -0.05) is 42.3 Å². The minimum absolute atomic E-state index is 0.0329. The van der Waals surface area contributed by atoms with Crippen molar-refractivity contribution in [1.82, 2.24) is 5.32 Å². The molecule has 3 fully saturated rings. The topological polar surface area (TPSA) is 102 Å². The highest BCUT2D eigenvalue weighted by molar-refractivity contribution is 6.31. The maximum Gasteiger partial charge on any atom is 0.258 e. The molecule has 1 unspecified atom stereocenters. The number of primary amides is 1. The van der Waals surface area contributed by atoms with Crippen molar-refractivity contribution in [3.63, 3.8) is 0 Å². The van der Waals surface area contributed by atoms with Crippen LogP contribution in [0.5, 0.6) is 5.75 Å². The van der Waals surface area contributed by atoms with E-state index in [-0.39, 0.29) is 17.4 Å². The first-order valence-electron chi connectivity index (χ1n) is 11.7. The van der Waals surface area contributed by atoms with E-state index in [0.29, 0.717) is 43.5 Å². The van der Waals surface area contributed by atoms with Gasteiger partial charge in [-0.05, 0) is 73.8 Å². The summed E-state index contributed by atoms with van der Waals surface area (Å²) >= 11 is 11.8. The van der Waals surface area contributed by atoms with E-state index >= 15 is 0 Å². The summed E-state index contributed by atoms with van der Waals surface area (Å²) in [6.45, 7) is 1.61. The standard InChI is InChI=1S/C26H29Cl2FN2O4/c1-2-26(23(30)34,16-3-5-17(27)6-4-16)24-9-11-25(12-10-24,21(32)14-24)31-22(33)15-35-18-7-8-19(28)20(29)13-18/h3-8,13,21,32H,2,9-12,14-15H2,1H3,(H2,30,34)(H,31,33)/t21-,24?,25?,26?/m0/s1. The lowest BCUT2D eigenvalue weighted by molar-refractivity contribution is -0.153. The lowest BCUT2D eigenvalue weighted by Crippen LogP contribution is -2.70. The Hall–Kier alpha value is -2.35. The molecule has 0 heterocycles. The van der Waals surface area contributed by atoms with E-state index in [1.165, 1.54) is 12.1 Å². The molecule has 0 saturated heterocycles. The molecule has 0 radical (unpaired) electrons. The number of halogens is 3. The molecule has 2 aromatic rings. The van der Waals surface area contributed by atoms with Crippen LogP contribution in [-0.4, -0.2) is 35.2 Å². The Kier molecular flexibility index (Phi) is 7.06. The molecular formula is C26H29Cl2FN2O4. The Balaban J connectivity index is 1.51. The molecule has 2 bridgehead atoms. The average molecular weight is 523 g/mol. The van der Waals surface area contributed by atoms with E-state index in [4.69, 9.17) is 33.7 Å². The van der Waals surface area contributed by atoms with Crippen LogP contribution in [0.15, 0.2) is 42.5 Å². The second-order valence-electron chi connectivity index (χ2n) is 9.70. The van der Waals surface area contributed by atoms with Crippen LogP contribution in [0, 0.1) is 11.2 Å². The number of hydrogen-bond donors (Lipinski definition) is 3. The molecule has 2 aromatic carbocycles. The summed E-state index contributed by atoms with van der Waals surface area (Å²) in [5.41, 5.74) is 4.54. The lowest BCUT2D eigenvalue weighted by atomic mass is 9.44. The van der Waals surface area contributed by atoms with Crippen LogP contribution >= 0.6 is 23.2 Å². The van der Waals surface area contributed by atoms with Crippen LogP contribution in [0.25, 0.3) is 0 Å². The quantitative estimate of drug-likeness (QED) is 0.474. The van der Waals surface area contributed by atoms with E-state index in [2.05, 4.69) is 5.32 Å². The fraction of sp³-hybridized carbons (Fsp3) is 0.462. The highest BCUT2D eigenvalue weighted by Gasteiger charge is 2.64. The summed E-state index contributed by atoms with van der Waals surface area (Å²) in [6, 6.07) is 11.1. The van der Waals surface area contributed by atoms with E-state index in [0.717, 1.165) is 11.6 Å². The number of nitrogens with one attached hydrogen (secondary N) is 1. The number of benzene rings is 2. The molecule has 35 heavy (non-hydrogen) atoms. The van der Waals surface area contributed by atoms with Crippen LogP contribution in [0.4, 0.5) is 4.39 Å². The van der Waals surface area contributed by atoms with Gasteiger partial charge >= 0.3 is 0 Å². The Morgan fingerprint density at radius 2 is 1.83 bits per heavy atom. The molecule has 2 atom stereocenters. The third-order valence-electron chi connectivity index (χ3n) is 8.16. The number of fused-ring (bicyclic) bond motifs is 3. The van der Waals surface area contributed by atoms with Crippen LogP contribution < -0.4 is 15.8 Å². The Bertz CT molecular complexity index is 1120. The van der Waals surface area contributed by atoms with Crippen LogP contribution in [-0.2, 0) is 15.0 Å². The molecule has 6 nitrogen and oxygen atoms in total. The number of hydrogen-bond acceptors (Lipinski definition) is 4. The van der Waals surface area contributed by atoms with E-state index in [1.807, 2.05) is 19.1 Å². The molecule has 188 valence electrons. The van der Waals surface area contributed by atoms with Gasteiger partial charge in [0.25, 0.3) is 5.91 Å². The van der Waals surface area contributed by atoms with Gasteiger partial charge in [0.1, 0.15) is 11.6 Å². The van der Waals surface area contributed by atoms with Gasteiger partial charge in [0.2, 0.25) is 5.91 Å². The normalized spacial score (nSPS) is 27.2. The van der Waals surface area contributed by atoms with Crippen molar-refractivity contribution >= 4 is 35.0 Å². The zero-order valence-corrected chi connectivity index (χ0v) is 21.0. The van der Waals surface area contributed by atoms with Crippen LogP contribution in [0.2, 0.25) is 10.0 Å². The summed E-state index contributed by atoms with van der Waals surface area (Å²) in [7, 11) is 0. The average Bonchev–Trinajstić information content (AvgIpc) is 2.82. The number of amides is 2. The van der Waals surface area contributed by atoms with Crippen molar-refractivity contribution < 1.29 is 23.8 Å². The molecule has 0 spiro atoms. The van der Waals surface area contributed by atoms with E-state index < -0.39 is 40.1 Å². The smallest absolute Gasteiger partial charge is 0.258 e. The van der Waals surface area contributed by atoms with Gasteiger partial charge in [0.15, 0.2) is 6.61 Å². The minimum atomic E-state index is -0.961. The molecule has 3 aliphatic carbocycles. The third kappa shape index (κ3) is 4.39. The molecule has 0 aliphatic heterocycles. The fourth-order valence-electron chi connectivity index (χ4n) is 6.31. The van der Waals surface area contributed by atoms with Gasteiger partial charge in [-0.2, -0.15) is 0 Å². The molecule has 0 aromatic heterocycles. The molecule has 3 aliphatic rings. The highest BCUT2D eigenvalue weighted by Crippen LogP contribution is 2.62. The van der Waals surface area contributed by atoms with Gasteiger partial charge in [-0.15, -0.1) is 0 Å². The SMILES string of the molecule is CCC(C(N)=O)(c1ccc(Cl)cc1)C12CCC(NC(=O)COc3ccc(Cl)c(F)c3)(CC1)[C@@H](O)C2. The Morgan fingerprint density at radius 3 is 2.37 bits per heavy atom. The van der Waals surface area contributed by atoms with Gasteiger partial charge in [0.05, 0.1) is 22.1 Å². The number of carbonyl (C=O) groups is 2. The summed E-state index contributed by atoms with van der Waals surface area (Å²) in [6.07, 6.45) is 2.19. The van der Waals surface area contributed by atoms with Crippen molar-refractivity contribution in [2.75, 3.05) is 6.61 Å². The zero-order chi connectivity index (χ0) is 25.4. The number of rotatable bonds is 8. The predicted molar refractivity (Wildman–Crippen MR) is 132 cm³/mol. The van der Waals surface area contributed by atoms with Crippen molar-refractivity contribution in [2.24, 2.45) is 11.1 Å². The largest absolute Gasteiger partial charge is 0.484 e. The summed E-state index contributed by atoms with van der Waals surface area (Å²) in [4.78, 5) is 25.7. The zero-order valence-electron chi connectivity index (χ0n) is 19.5. The van der Waals surface area contributed by atoms with Gasteiger partial charge in [0, 0.05) is 11.1 Å². The number of aliphatic hydroxyl groups excluding tert-OH is 1. The summed E-state index contributed by atoms with van der Waals surface area (Å²) in [5, 5.41) is 14.8. The monoisotopic (exact) mass is 522 g/mol. The third-order valence-corrected chi connectivity index (χ3v) is 8.72. The Labute approximate surface area is 213 Å². The first-order chi connectivity index (χ1) is 16.6. The number of carbonyl (C=O) groups excluding carboxylic acids is 2. The molecule has 4 N–H and O–H groups in total. The summed E-state index contributed by atoms with van der Waals surface area (Å²) < 4.78 is 19.0. The maximum atomic E-state index is 13.6. The van der Waals surface area contributed by atoms with E-state index in [9.17, 15) is 19.1 Å². The predicted octanol–water partition coefficient (Wildman–Crippen LogP) is 4.52. The number of ether oxygens (including phenoxy) is 1. The lowest BCUT2D eigenvalue weighted by Gasteiger charge is -2.62. The summed E-state index contributed by atoms with van der Waals surface area (Å²) in [5.74, 6) is -1.28. The van der Waals surface area contributed by atoms with Gasteiger partial charge < -0.3 is 20.9 Å². The minimum Gasteiger partial charge on any atom is -0.484 e. The van der Waals surface area contributed by atoms with Crippen molar-refractivity contribution in [2.45, 2.75) is 62.5 Å². The van der Waals surface area contributed by atoms with Crippen molar-refractivity contribution in [1.29, 1.82) is 0 Å². The fourth-order valence-corrected chi connectivity index (χ4v) is 6.56. The Morgan fingerprint density at radius 1 is 1.17 bits per heavy atom. The second kappa shape index (κ2) is 9.60. The van der Waals surface area contributed by atoms with Crippen molar-refractivity contribution in [3.05, 3.63) is 63.9 Å². The molecule has 3 saturated carbocycles. The molecule has 9 heteroatoms. The first kappa shape index (κ1) is 25.7. The van der Waals surface area contributed by atoms with E-state index in [1.54, 1.807) is 12.1 Å². The van der Waals surface area contributed by atoms with Gasteiger partial charge in [-0.3, -0.25) is 9.59 Å². The van der Waals surface area contributed by atoms with Gasteiger partial charge in [-0.25, -0.2) is 4.39 Å². The van der Waals surface area contributed by atoms with Crippen LogP contribution in [0.3, 0.4) is 0 Å². The maximum absolute atomic E-state index is 13.6. The second-order valence-corrected chi connectivity index (χ2v) is 10.5. The first-order valence-corrected chi connectivity index (χ1v) is 12.5. The highest BCUT2D eigenvalue weighted by atomic mass is 35.5. The molecule has 2 amide bonds. The van der Waals surface area contributed by atoms with Crippen molar-refractivity contribution in [3.8, 4) is 5.75 Å². The molecule has 5 rings (SSSR count).